The van der Waals surface area contributed by atoms with Gasteiger partial charge in [0, 0.05) is 24.0 Å². The molecule has 0 aliphatic rings. The molecule has 144 valence electrons. The van der Waals surface area contributed by atoms with Gasteiger partial charge in [-0.05, 0) is 61.2 Å². The molecule has 5 nitrogen and oxygen atoms in total. The fourth-order valence-electron chi connectivity index (χ4n) is 2.99. The van der Waals surface area contributed by atoms with Crippen molar-refractivity contribution in [3.05, 3.63) is 83.0 Å². The maximum Gasteiger partial charge on any atom is 0.251 e. The third kappa shape index (κ3) is 4.88. The smallest absolute Gasteiger partial charge is 0.251 e. The van der Waals surface area contributed by atoms with E-state index in [1.165, 1.54) is 0 Å². The summed E-state index contributed by atoms with van der Waals surface area (Å²) < 4.78 is 5.16. The summed E-state index contributed by atoms with van der Waals surface area (Å²) >= 11 is 0. The summed E-state index contributed by atoms with van der Waals surface area (Å²) in [4.78, 5) is 16.8. The molecule has 0 aliphatic heterocycles. The van der Waals surface area contributed by atoms with E-state index in [-0.39, 0.29) is 5.91 Å². The van der Waals surface area contributed by atoms with Crippen molar-refractivity contribution in [2.45, 2.75) is 20.3 Å². The van der Waals surface area contributed by atoms with Crippen LogP contribution in [0.15, 0.2) is 60.8 Å². The van der Waals surface area contributed by atoms with Crippen molar-refractivity contribution >= 4 is 17.4 Å². The number of pyridine rings is 1. The first-order valence-electron chi connectivity index (χ1n) is 9.27. The molecule has 2 aromatic carbocycles. The average molecular weight is 375 g/mol. The highest BCUT2D eigenvalue weighted by molar-refractivity contribution is 5.95. The molecule has 0 saturated carbocycles. The van der Waals surface area contributed by atoms with E-state index in [4.69, 9.17) is 4.74 Å². The van der Waals surface area contributed by atoms with Crippen LogP contribution in [-0.2, 0) is 6.42 Å². The lowest BCUT2D eigenvalue weighted by molar-refractivity contribution is 0.0954. The molecule has 0 radical (unpaired) electrons. The molecule has 5 heteroatoms. The minimum atomic E-state index is -0.111. The van der Waals surface area contributed by atoms with E-state index in [0.717, 1.165) is 34.5 Å². The third-order valence-electron chi connectivity index (χ3n) is 4.61. The van der Waals surface area contributed by atoms with Gasteiger partial charge in [0.05, 0.1) is 7.11 Å². The molecule has 1 amide bonds. The van der Waals surface area contributed by atoms with Crippen LogP contribution in [0.5, 0.6) is 5.75 Å². The third-order valence-corrected chi connectivity index (χ3v) is 4.61. The van der Waals surface area contributed by atoms with Crippen molar-refractivity contribution in [2.75, 3.05) is 19.0 Å². The van der Waals surface area contributed by atoms with E-state index < -0.39 is 0 Å². The van der Waals surface area contributed by atoms with Crippen LogP contribution in [-0.4, -0.2) is 24.5 Å². The largest absolute Gasteiger partial charge is 0.497 e. The van der Waals surface area contributed by atoms with Crippen LogP contribution in [0.25, 0.3) is 0 Å². The van der Waals surface area contributed by atoms with Crippen LogP contribution in [0.1, 0.15) is 27.0 Å². The van der Waals surface area contributed by atoms with Gasteiger partial charge in [-0.15, -0.1) is 0 Å². The molecular formula is C23H25N3O2. The molecule has 0 bridgehead atoms. The van der Waals surface area contributed by atoms with Gasteiger partial charge in [0.25, 0.3) is 5.91 Å². The van der Waals surface area contributed by atoms with E-state index in [1.807, 2.05) is 56.3 Å². The topological polar surface area (TPSA) is 63.2 Å². The number of aromatic nitrogens is 1. The van der Waals surface area contributed by atoms with Gasteiger partial charge in [0.15, 0.2) is 0 Å². The molecule has 0 aliphatic carbocycles. The lowest BCUT2D eigenvalue weighted by atomic mass is 10.1. The predicted octanol–water partition coefficient (Wildman–Crippen LogP) is 4.42. The summed E-state index contributed by atoms with van der Waals surface area (Å²) in [5.74, 6) is 1.37. The van der Waals surface area contributed by atoms with E-state index in [1.54, 1.807) is 25.4 Å². The minimum Gasteiger partial charge on any atom is -0.497 e. The summed E-state index contributed by atoms with van der Waals surface area (Å²) in [6, 6.07) is 17.5. The SMILES string of the molecule is COc1ccc(CCNC(=O)c2ccnc(Nc3c(C)cccc3C)c2)cc1. The van der Waals surface area contributed by atoms with E-state index >= 15 is 0 Å². The van der Waals surface area contributed by atoms with Gasteiger partial charge >= 0.3 is 0 Å². The molecule has 0 fully saturated rings. The number of rotatable bonds is 7. The molecule has 0 spiro atoms. The Kier molecular flexibility index (Phi) is 6.27. The van der Waals surface area contributed by atoms with Crippen molar-refractivity contribution in [1.82, 2.24) is 10.3 Å². The number of benzene rings is 2. The Morgan fingerprint density at radius 3 is 2.43 bits per heavy atom. The Hall–Kier alpha value is -3.34. The Balaban J connectivity index is 1.60. The molecule has 0 unspecified atom stereocenters. The summed E-state index contributed by atoms with van der Waals surface area (Å²) in [7, 11) is 1.65. The number of nitrogens with zero attached hydrogens (tertiary/aromatic N) is 1. The van der Waals surface area contributed by atoms with Gasteiger partial charge in [0.1, 0.15) is 11.6 Å². The monoisotopic (exact) mass is 375 g/mol. The van der Waals surface area contributed by atoms with Gasteiger partial charge < -0.3 is 15.4 Å². The molecule has 3 rings (SSSR count). The van der Waals surface area contributed by atoms with Crippen molar-refractivity contribution < 1.29 is 9.53 Å². The van der Waals surface area contributed by atoms with Crippen molar-refractivity contribution in [2.24, 2.45) is 0 Å². The second-order valence-corrected chi connectivity index (χ2v) is 6.68. The molecular weight excluding hydrogens is 350 g/mol. The Labute approximate surface area is 165 Å². The zero-order chi connectivity index (χ0) is 19.9. The number of methoxy groups -OCH3 is 1. The molecule has 0 saturated heterocycles. The highest BCUT2D eigenvalue weighted by atomic mass is 16.5. The van der Waals surface area contributed by atoms with Crippen LogP contribution in [0.3, 0.4) is 0 Å². The first-order chi connectivity index (χ1) is 13.6. The second kappa shape index (κ2) is 9.04. The second-order valence-electron chi connectivity index (χ2n) is 6.68. The van der Waals surface area contributed by atoms with Gasteiger partial charge in [0.2, 0.25) is 0 Å². The zero-order valence-electron chi connectivity index (χ0n) is 16.5. The number of anilines is 2. The van der Waals surface area contributed by atoms with Gasteiger partial charge in [-0.1, -0.05) is 30.3 Å². The van der Waals surface area contributed by atoms with Crippen LogP contribution in [0, 0.1) is 13.8 Å². The Morgan fingerprint density at radius 2 is 1.75 bits per heavy atom. The standard InChI is InChI=1S/C23H25N3O2/c1-16-5-4-6-17(2)22(16)26-21-15-19(12-14-24-21)23(27)25-13-11-18-7-9-20(28-3)10-8-18/h4-10,12,14-15H,11,13H2,1-3H3,(H,24,26)(H,25,27). The molecule has 28 heavy (non-hydrogen) atoms. The first-order valence-corrected chi connectivity index (χ1v) is 9.27. The van der Waals surface area contributed by atoms with Gasteiger partial charge in [-0.25, -0.2) is 4.98 Å². The van der Waals surface area contributed by atoms with Crippen LogP contribution >= 0.6 is 0 Å². The number of para-hydroxylation sites is 1. The fraction of sp³-hybridized carbons (Fsp3) is 0.217. The van der Waals surface area contributed by atoms with E-state index in [9.17, 15) is 4.79 Å². The Morgan fingerprint density at radius 1 is 1.04 bits per heavy atom. The average Bonchev–Trinajstić information content (AvgIpc) is 2.71. The van der Waals surface area contributed by atoms with Crippen LogP contribution in [0.2, 0.25) is 0 Å². The van der Waals surface area contributed by atoms with Gasteiger partial charge in [-0.2, -0.15) is 0 Å². The predicted molar refractivity (Wildman–Crippen MR) is 112 cm³/mol. The Bertz CT molecular complexity index is 932. The van der Waals surface area contributed by atoms with Crippen molar-refractivity contribution in [3.8, 4) is 5.75 Å². The number of amides is 1. The molecule has 2 N–H and O–H groups in total. The lowest BCUT2D eigenvalue weighted by Gasteiger charge is -2.12. The maximum absolute atomic E-state index is 12.5. The van der Waals surface area contributed by atoms with Crippen molar-refractivity contribution in [1.29, 1.82) is 0 Å². The highest BCUT2D eigenvalue weighted by Gasteiger charge is 2.08. The molecule has 3 aromatic rings. The first kappa shape index (κ1) is 19.4. The number of aryl methyl sites for hydroxylation is 2. The van der Waals surface area contributed by atoms with Crippen LogP contribution in [0.4, 0.5) is 11.5 Å². The quantitative estimate of drug-likeness (QED) is 0.641. The molecule has 1 aromatic heterocycles. The number of hydrogen-bond donors (Lipinski definition) is 2. The van der Waals surface area contributed by atoms with Crippen molar-refractivity contribution in [3.63, 3.8) is 0 Å². The molecule has 0 atom stereocenters. The number of hydrogen-bond acceptors (Lipinski definition) is 4. The summed E-state index contributed by atoms with van der Waals surface area (Å²) in [6.45, 7) is 4.66. The normalized spacial score (nSPS) is 10.4. The number of carbonyl (C=O) groups is 1. The zero-order valence-corrected chi connectivity index (χ0v) is 16.5. The maximum atomic E-state index is 12.5. The van der Waals surface area contributed by atoms with E-state index in [0.29, 0.717) is 17.9 Å². The fourth-order valence-corrected chi connectivity index (χ4v) is 2.99. The summed E-state index contributed by atoms with van der Waals surface area (Å²) in [5, 5.41) is 6.29. The van der Waals surface area contributed by atoms with E-state index in [2.05, 4.69) is 15.6 Å². The lowest BCUT2D eigenvalue weighted by Crippen LogP contribution is -2.25. The minimum absolute atomic E-state index is 0.111. The number of carbonyl (C=O) groups excluding carboxylic acids is 1. The van der Waals surface area contributed by atoms with Gasteiger partial charge in [-0.3, -0.25) is 4.79 Å². The highest BCUT2D eigenvalue weighted by Crippen LogP contribution is 2.23. The summed E-state index contributed by atoms with van der Waals surface area (Å²) in [6.07, 6.45) is 2.41. The number of ether oxygens (including phenoxy) is 1. The number of nitrogens with one attached hydrogen (secondary N) is 2. The molecule has 1 heterocycles. The summed E-state index contributed by atoms with van der Waals surface area (Å²) in [5.41, 5.74) is 5.02. The van der Waals surface area contributed by atoms with Crippen LogP contribution < -0.4 is 15.4 Å².